The predicted molar refractivity (Wildman–Crippen MR) is 169 cm³/mol. The molecule has 1 aromatic heterocycles. The molecule has 228 valence electrons. The Balaban J connectivity index is 2.10. The highest BCUT2D eigenvalue weighted by molar-refractivity contribution is 7.80. The largest absolute Gasteiger partial charge is 0.481 e. The summed E-state index contributed by atoms with van der Waals surface area (Å²) in [7, 11) is -2.12. The van der Waals surface area contributed by atoms with E-state index in [2.05, 4.69) is 62.3 Å². The van der Waals surface area contributed by atoms with Crippen molar-refractivity contribution < 1.29 is 27.2 Å². The van der Waals surface area contributed by atoms with Gasteiger partial charge >= 0.3 is 17.1 Å². The number of rotatable bonds is 12. The lowest BCUT2D eigenvalue weighted by atomic mass is 9.97. The van der Waals surface area contributed by atoms with Gasteiger partial charge in [0.05, 0.1) is 19.4 Å². The van der Waals surface area contributed by atoms with Crippen LogP contribution < -0.4 is 4.74 Å². The number of hydrogen-bond acceptors (Lipinski definition) is 8. The second kappa shape index (κ2) is 14.2. The van der Waals surface area contributed by atoms with Crippen LogP contribution in [0.15, 0.2) is 12.1 Å². The minimum absolute atomic E-state index is 0.222. The molecular weight excluding hydrogens is 559 g/mol. The molecule has 2 fully saturated rings. The first-order valence-corrected chi connectivity index (χ1v) is 19.5. The number of aromatic nitrogens is 1. The smallest absolute Gasteiger partial charge is 0.335 e. The molecule has 0 aromatic carbocycles. The molecule has 4 atom stereocenters. The van der Waals surface area contributed by atoms with Crippen molar-refractivity contribution in [2.45, 2.75) is 135 Å². The molecule has 10 heteroatoms. The fraction of sp³-hybridized carbons (Fsp3) is 0.800. The number of ether oxygens (including phenoxy) is 3. The van der Waals surface area contributed by atoms with E-state index in [0.717, 1.165) is 41.8 Å². The maximum Gasteiger partial charge on any atom is 0.335 e. The molecule has 0 unspecified atom stereocenters. The van der Waals surface area contributed by atoms with Crippen molar-refractivity contribution in [2.24, 2.45) is 0 Å². The standard InChI is InChI=1S/C30H53NO6SSi2/c1-12-13-14-15-25(38)27-23(16-17-26(31-27)32-10)28-30(33-11)29-24(35-28)18-34-39(19(2)3,20(4)5)37-40(36-29,21(6)7)22(8)9/h16-17,19-22,24,28-30H,12-15,18H2,1-11H3/t24-,28+,29-,30+/m1/s1. The number of methoxy groups -OCH3 is 2. The van der Waals surface area contributed by atoms with E-state index in [1.54, 1.807) is 14.2 Å². The second-order valence-corrected chi connectivity index (χ2v) is 21.9. The van der Waals surface area contributed by atoms with Gasteiger partial charge in [0, 0.05) is 23.6 Å². The number of fused-ring (bicyclic) bond motifs is 1. The third-order valence-corrected chi connectivity index (χ3v) is 19.2. The quantitative estimate of drug-likeness (QED) is 0.103. The Labute approximate surface area is 250 Å². The number of thiocarbonyl (C=S) groups is 1. The first-order valence-electron chi connectivity index (χ1n) is 15.2. The van der Waals surface area contributed by atoms with Crippen LogP contribution in [0.3, 0.4) is 0 Å². The number of nitrogens with zero attached hydrogens (tertiary/aromatic N) is 1. The summed E-state index contributed by atoms with van der Waals surface area (Å²) < 4.78 is 40.2. The summed E-state index contributed by atoms with van der Waals surface area (Å²) in [5.41, 5.74) is 2.66. The first kappa shape index (κ1) is 33.8. The van der Waals surface area contributed by atoms with Crippen molar-refractivity contribution in [1.82, 2.24) is 4.98 Å². The molecule has 0 aliphatic carbocycles. The van der Waals surface area contributed by atoms with E-state index in [9.17, 15) is 0 Å². The van der Waals surface area contributed by atoms with Gasteiger partial charge in [0.25, 0.3) is 0 Å². The lowest BCUT2D eigenvalue weighted by Crippen LogP contribution is -2.65. The molecule has 3 rings (SSSR count). The SMILES string of the molecule is CCCCCC(=S)c1nc(OC)ccc1[C@@H]1O[C@@H]2CO[Si](C(C)C)(C(C)C)O[Si](C(C)C)(C(C)C)O[C@H]2[C@H]1OC. The van der Waals surface area contributed by atoms with Gasteiger partial charge in [-0.3, -0.25) is 0 Å². The Hall–Kier alpha value is -0.726. The second-order valence-electron chi connectivity index (χ2n) is 12.5. The molecule has 0 radical (unpaired) electrons. The van der Waals surface area contributed by atoms with Gasteiger partial charge in [-0.05, 0) is 41.1 Å². The lowest BCUT2D eigenvalue weighted by Gasteiger charge is -2.51. The van der Waals surface area contributed by atoms with Crippen LogP contribution in [0.1, 0.15) is 105 Å². The summed E-state index contributed by atoms with van der Waals surface area (Å²) in [6.45, 7) is 20.5. The van der Waals surface area contributed by atoms with Gasteiger partial charge in [0.1, 0.15) is 24.4 Å². The van der Waals surface area contributed by atoms with Crippen LogP contribution in [0.5, 0.6) is 5.88 Å². The Morgan fingerprint density at radius 3 is 2.12 bits per heavy atom. The fourth-order valence-corrected chi connectivity index (χ4v) is 17.8. The van der Waals surface area contributed by atoms with Crippen molar-refractivity contribution in [1.29, 1.82) is 0 Å². The van der Waals surface area contributed by atoms with Crippen molar-refractivity contribution in [3.63, 3.8) is 0 Å². The summed E-state index contributed by atoms with van der Waals surface area (Å²) in [4.78, 5) is 5.64. The third kappa shape index (κ3) is 6.59. The predicted octanol–water partition coefficient (Wildman–Crippen LogP) is 7.80. The van der Waals surface area contributed by atoms with Crippen LogP contribution in [-0.4, -0.2) is 66.1 Å². The summed E-state index contributed by atoms with van der Waals surface area (Å²) in [5, 5.41) is 0. The van der Waals surface area contributed by atoms with E-state index < -0.39 is 23.2 Å². The van der Waals surface area contributed by atoms with Gasteiger partial charge in [-0.2, -0.15) is 0 Å². The van der Waals surface area contributed by atoms with E-state index in [1.807, 2.05) is 12.1 Å². The van der Waals surface area contributed by atoms with E-state index >= 15 is 0 Å². The van der Waals surface area contributed by atoms with Gasteiger partial charge in [0.15, 0.2) is 0 Å². The highest BCUT2D eigenvalue weighted by atomic mass is 32.1. The molecule has 7 nitrogen and oxygen atoms in total. The van der Waals surface area contributed by atoms with E-state index in [1.165, 1.54) is 0 Å². The van der Waals surface area contributed by atoms with E-state index in [-0.39, 0.29) is 40.5 Å². The molecular formula is C30H53NO6SSi2. The molecule has 3 heterocycles. The minimum Gasteiger partial charge on any atom is -0.481 e. The molecule has 2 aliphatic heterocycles. The molecule has 0 amide bonds. The average molecular weight is 612 g/mol. The zero-order valence-electron chi connectivity index (χ0n) is 26.6. The van der Waals surface area contributed by atoms with Crippen molar-refractivity contribution >= 4 is 34.2 Å². The van der Waals surface area contributed by atoms with Crippen LogP contribution in [0.2, 0.25) is 22.2 Å². The molecule has 40 heavy (non-hydrogen) atoms. The highest BCUT2D eigenvalue weighted by Gasteiger charge is 2.62. The molecule has 0 spiro atoms. The highest BCUT2D eigenvalue weighted by Crippen LogP contribution is 2.49. The number of pyridine rings is 1. The zero-order chi connectivity index (χ0) is 29.8. The van der Waals surface area contributed by atoms with Gasteiger partial charge in [-0.1, -0.05) is 87.4 Å². The summed E-state index contributed by atoms with van der Waals surface area (Å²) in [6.07, 6.45) is 2.70. The maximum atomic E-state index is 7.37. The minimum atomic E-state index is -2.81. The Bertz CT molecular complexity index is 975. The molecule has 0 N–H and O–H groups in total. The monoisotopic (exact) mass is 611 g/mol. The molecule has 2 aliphatic rings. The molecule has 0 bridgehead atoms. The van der Waals surface area contributed by atoms with Crippen LogP contribution in [-0.2, 0) is 22.4 Å². The van der Waals surface area contributed by atoms with Crippen LogP contribution in [0.25, 0.3) is 0 Å². The number of unbranched alkanes of at least 4 members (excludes halogenated alkanes) is 2. The molecule has 2 saturated heterocycles. The molecule has 0 saturated carbocycles. The normalized spacial score (nSPS) is 26.3. The van der Waals surface area contributed by atoms with Crippen molar-refractivity contribution in [2.75, 3.05) is 20.8 Å². The van der Waals surface area contributed by atoms with Crippen LogP contribution in [0.4, 0.5) is 0 Å². The van der Waals surface area contributed by atoms with Crippen LogP contribution in [0, 0.1) is 0 Å². The Morgan fingerprint density at radius 1 is 0.975 bits per heavy atom. The van der Waals surface area contributed by atoms with Gasteiger partial charge in [-0.25, -0.2) is 4.98 Å². The van der Waals surface area contributed by atoms with Gasteiger partial charge in [-0.15, -0.1) is 0 Å². The average Bonchev–Trinajstić information content (AvgIpc) is 3.23. The topological polar surface area (TPSA) is 68.3 Å². The zero-order valence-corrected chi connectivity index (χ0v) is 29.4. The maximum absolute atomic E-state index is 7.37. The van der Waals surface area contributed by atoms with E-state index in [0.29, 0.717) is 12.5 Å². The summed E-state index contributed by atoms with van der Waals surface area (Å²) in [5.74, 6) is 0.540. The van der Waals surface area contributed by atoms with Crippen molar-refractivity contribution in [3.8, 4) is 5.88 Å². The summed E-state index contributed by atoms with van der Waals surface area (Å²) in [6, 6.07) is 3.90. The Kier molecular flexibility index (Phi) is 12.0. The van der Waals surface area contributed by atoms with Gasteiger partial charge < -0.3 is 27.2 Å². The van der Waals surface area contributed by atoms with Crippen molar-refractivity contribution in [3.05, 3.63) is 23.4 Å². The third-order valence-electron chi connectivity index (χ3n) is 8.60. The lowest BCUT2D eigenvalue weighted by molar-refractivity contribution is -0.0398. The first-order chi connectivity index (χ1) is 18.9. The van der Waals surface area contributed by atoms with Gasteiger partial charge in [0.2, 0.25) is 5.88 Å². The fourth-order valence-electron chi connectivity index (χ4n) is 6.32. The Morgan fingerprint density at radius 2 is 1.60 bits per heavy atom. The molecule has 1 aromatic rings. The number of hydrogen-bond donors (Lipinski definition) is 0. The van der Waals surface area contributed by atoms with Crippen LogP contribution >= 0.6 is 12.2 Å². The summed E-state index contributed by atoms with van der Waals surface area (Å²) >= 11 is 5.92. The van der Waals surface area contributed by atoms with E-state index in [4.69, 9.17) is 44.4 Å².